The SMILES string of the molecule is CC(C)c1c(CC(=N)[S-])c2ccccc2n1C.Cl. The first-order valence-corrected chi connectivity index (χ1v) is 6.23. The highest BCUT2D eigenvalue weighted by molar-refractivity contribution is 7.77. The Morgan fingerprint density at radius 1 is 1.33 bits per heavy atom. The number of nitrogens with one attached hydrogen (secondary N) is 1. The predicted octanol–water partition coefficient (Wildman–Crippen LogP) is 3.79. The molecule has 0 fully saturated rings. The molecule has 1 aromatic heterocycles. The average Bonchev–Trinajstić information content (AvgIpc) is 2.52. The lowest BCUT2D eigenvalue weighted by molar-refractivity contribution is 0.746. The number of benzene rings is 1. The Labute approximate surface area is 120 Å². The molecular weight excluding hydrogens is 264 g/mol. The van der Waals surface area contributed by atoms with E-state index in [-0.39, 0.29) is 12.4 Å². The molecule has 0 aliphatic carbocycles. The number of nitrogens with zero attached hydrogens (tertiary/aromatic N) is 1. The molecule has 2 aromatic rings. The third-order valence-corrected chi connectivity index (χ3v) is 3.29. The van der Waals surface area contributed by atoms with E-state index in [0.717, 1.165) is 0 Å². The van der Waals surface area contributed by atoms with Crippen LogP contribution in [0.5, 0.6) is 0 Å². The lowest BCUT2D eigenvalue weighted by Gasteiger charge is -2.13. The van der Waals surface area contributed by atoms with Crippen molar-refractivity contribution < 1.29 is 0 Å². The molecule has 18 heavy (non-hydrogen) atoms. The van der Waals surface area contributed by atoms with Crippen molar-refractivity contribution in [1.29, 1.82) is 5.41 Å². The number of para-hydroxylation sites is 1. The van der Waals surface area contributed by atoms with Gasteiger partial charge in [-0.25, -0.2) is 0 Å². The molecule has 1 N–H and O–H groups in total. The molecule has 2 rings (SSSR count). The molecule has 4 heteroatoms. The first-order chi connectivity index (χ1) is 8.02. The first kappa shape index (κ1) is 15.0. The van der Waals surface area contributed by atoms with E-state index in [1.165, 1.54) is 22.2 Å². The molecule has 0 spiro atoms. The van der Waals surface area contributed by atoms with Gasteiger partial charge >= 0.3 is 0 Å². The van der Waals surface area contributed by atoms with Crippen molar-refractivity contribution >= 4 is 41.0 Å². The molecule has 0 bridgehead atoms. The van der Waals surface area contributed by atoms with Crippen LogP contribution in [0.25, 0.3) is 10.9 Å². The zero-order chi connectivity index (χ0) is 12.6. The molecule has 1 heterocycles. The summed E-state index contributed by atoms with van der Waals surface area (Å²) in [6, 6.07) is 8.34. The molecular formula is C14H18ClN2S-. The van der Waals surface area contributed by atoms with Gasteiger partial charge in [-0.3, -0.25) is 0 Å². The Balaban J connectivity index is 0.00000162. The van der Waals surface area contributed by atoms with Crippen molar-refractivity contribution in [2.45, 2.75) is 26.2 Å². The van der Waals surface area contributed by atoms with E-state index in [0.29, 0.717) is 17.4 Å². The van der Waals surface area contributed by atoms with E-state index in [1.54, 1.807) is 0 Å². The second-order valence-electron chi connectivity index (χ2n) is 4.69. The summed E-state index contributed by atoms with van der Waals surface area (Å²) >= 11 is 4.95. The van der Waals surface area contributed by atoms with Gasteiger partial charge in [-0.1, -0.05) is 32.0 Å². The highest BCUT2D eigenvalue weighted by Crippen LogP contribution is 2.30. The molecule has 0 aliphatic heterocycles. The van der Waals surface area contributed by atoms with Crippen LogP contribution in [0.3, 0.4) is 0 Å². The topological polar surface area (TPSA) is 28.8 Å². The highest BCUT2D eigenvalue weighted by Gasteiger charge is 2.16. The summed E-state index contributed by atoms with van der Waals surface area (Å²) in [4.78, 5) is 0. The van der Waals surface area contributed by atoms with Crippen molar-refractivity contribution in [1.82, 2.24) is 4.57 Å². The Kier molecular flexibility index (Phi) is 4.77. The summed E-state index contributed by atoms with van der Waals surface area (Å²) in [7, 11) is 2.09. The van der Waals surface area contributed by atoms with Crippen LogP contribution >= 0.6 is 12.4 Å². The van der Waals surface area contributed by atoms with Gasteiger partial charge in [0.1, 0.15) is 0 Å². The van der Waals surface area contributed by atoms with Crippen LogP contribution in [0, 0.1) is 5.41 Å². The molecule has 0 aliphatic rings. The van der Waals surface area contributed by atoms with Gasteiger partial charge in [0, 0.05) is 23.6 Å². The molecule has 1 aromatic carbocycles. The van der Waals surface area contributed by atoms with Crippen molar-refractivity contribution in [2.24, 2.45) is 7.05 Å². The Bertz CT molecular complexity index is 572. The van der Waals surface area contributed by atoms with Gasteiger partial charge in [0.25, 0.3) is 0 Å². The number of hydrogen-bond acceptors (Lipinski definition) is 2. The van der Waals surface area contributed by atoms with E-state index >= 15 is 0 Å². The van der Waals surface area contributed by atoms with E-state index in [1.807, 2.05) is 6.07 Å². The van der Waals surface area contributed by atoms with Crippen molar-refractivity contribution in [3.05, 3.63) is 35.5 Å². The number of halogens is 1. The highest BCUT2D eigenvalue weighted by atomic mass is 35.5. The van der Waals surface area contributed by atoms with Crippen LogP contribution in [-0.4, -0.2) is 9.61 Å². The maximum absolute atomic E-state index is 7.56. The lowest BCUT2D eigenvalue weighted by Crippen LogP contribution is -2.04. The fraction of sp³-hybridized carbons (Fsp3) is 0.357. The number of hydrogen-bond donors (Lipinski definition) is 1. The summed E-state index contributed by atoms with van der Waals surface area (Å²) in [6.07, 6.45) is 0.574. The quantitative estimate of drug-likeness (QED) is 0.518. The number of rotatable bonds is 3. The second kappa shape index (κ2) is 5.72. The Morgan fingerprint density at radius 3 is 2.50 bits per heavy atom. The fourth-order valence-electron chi connectivity index (χ4n) is 2.57. The van der Waals surface area contributed by atoms with Gasteiger partial charge in [-0.05, 0) is 24.0 Å². The van der Waals surface area contributed by atoms with E-state index in [2.05, 4.69) is 43.7 Å². The molecule has 0 amide bonds. The maximum Gasteiger partial charge on any atom is 0.0482 e. The monoisotopic (exact) mass is 281 g/mol. The minimum Gasteiger partial charge on any atom is -0.765 e. The standard InChI is InChI=1S/C14H18N2S.ClH/c1-9(2)14-11(8-13(15)17)10-6-4-5-7-12(10)16(14)3;/h4-7,9H,8H2,1-3H3,(H2,15,17);1H/p-1. The van der Waals surface area contributed by atoms with Crippen molar-refractivity contribution in [3.8, 4) is 0 Å². The molecule has 0 atom stereocenters. The minimum atomic E-state index is 0. The molecule has 0 radical (unpaired) electrons. The summed E-state index contributed by atoms with van der Waals surface area (Å²) < 4.78 is 2.23. The van der Waals surface area contributed by atoms with Crippen LogP contribution in [0.15, 0.2) is 24.3 Å². The molecule has 0 unspecified atom stereocenters. The molecule has 98 valence electrons. The normalized spacial score (nSPS) is 10.7. The summed E-state index contributed by atoms with van der Waals surface area (Å²) in [5.41, 5.74) is 3.74. The van der Waals surface area contributed by atoms with Crippen LogP contribution in [0.4, 0.5) is 0 Å². The van der Waals surface area contributed by atoms with E-state index in [9.17, 15) is 0 Å². The van der Waals surface area contributed by atoms with Gasteiger partial charge < -0.3 is 22.6 Å². The van der Waals surface area contributed by atoms with Gasteiger partial charge in [-0.2, -0.15) is 0 Å². The van der Waals surface area contributed by atoms with Crippen LogP contribution < -0.4 is 0 Å². The number of fused-ring (bicyclic) bond motifs is 1. The van der Waals surface area contributed by atoms with Crippen LogP contribution in [-0.2, 0) is 26.1 Å². The zero-order valence-corrected chi connectivity index (χ0v) is 12.5. The lowest BCUT2D eigenvalue weighted by atomic mass is 10.0. The third kappa shape index (κ3) is 2.52. The number of aromatic nitrogens is 1. The second-order valence-corrected chi connectivity index (χ2v) is 5.19. The zero-order valence-electron chi connectivity index (χ0n) is 10.9. The van der Waals surface area contributed by atoms with Gasteiger partial charge in [0.05, 0.1) is 0 Å². The maximum atomic E-state index is 7.56. The van der Waals surface area contributed by atoms with Crippen LogP contribution in [0.2, 0.25) is 0 Å². The minimum absolute atomic E-state index is 0. The third-order valence-electron chi connectivity index (χ3n) is 3.15. The predicted molar refractivity (Wildman–Crippen MR) is 83.1 cm³/mol. The summed E-state index contributed by atoms with van der Waals surface area (Å²) in [6.45, 7) is 4.37. The van der Waals surface area contributed by atoms with Gasteiger partial charge in [-0.15, -0.1) is 17.5 Å². The molecule has 0 saturated carbocycles. The van der Waals surface area contributed by atoms with E-state index < -0.39 is 0 Å². The van der Waals surface area contributed by atoms with Crippen LogP contribution in [0.1, 0.15) is 31.0 Å². The smallest absolute Gasteiger partial charge is 0.0482 e. The van der Waals surface area contributed by atoms with E-state index in [4.69, 9.17) is 18.0 Å². The average molecular weight is 282 g/mol. The Morgan fingerprint density at radius 2 is 1.94 bits per heavy atom. The Hall–Kier alpha value is -1.06. The summed E-state index contributed by atoms with van der Waals surface area (Å²) in [5, 5.41) is 9.10. The fourth-order valence-corrected chi connectivity index (χ4v) is 2.72. The van der Waals surface area contributed by atoms with Gasteiger partial charge in [0.15, 0.2) is 0 Å². The molecule has 2 nitrogen and oxygen atoms in total. The number of aryl methyl sites for hydroxylation is 1. The first-order valence-electron chi connectivity index (χ1n) is 5.83. The van der Waals surface area contributed by atoms with Gasteiger partial charge in [0.2, 0.25) is 0 Å². The molecule has 0 saturated heterocycles. The summed E-state index contributed by atoms with van der Waals surface area (Å²) in [5.74, 6) is 0.441. The van der Waals surface area contributed by atoms with Crippen molar-refractivity contribution in [3.63, 3.8) is 0 Å². The van der Waals surface area contributed by atoms with Crippen molar-refractivity contribution in [2.75, 3.05) is 0 Å². The largest absolute Gasteiger partial charge is 0.765 e.